The first-order chi connectivity index (χ1) is 12.1. The third-order valence-electron chi connectivity index (χ3n) is 4.69. The summed E-state index contributed by atoms with van der Waals surface area (Å²) in [6.07, 6.45) is 7.75. The summed E-state index contributed by atoms with van der Waals surface area (Å²) in [5.74, 6) is -1.19. The normalized spacial score (nSPS) is 15.7. The summed E-state index contributed by atoms with van der Waals surface area (Å²) in [5.41, 5.74) is 1.88. The van der Waals surface area contributed by atoms with Crippen LogP contribution in [0.4, 0.5) is 8.78 Å². The first kappa shape index (κ1) is 15.7. The standard InChI is InChI=1S/C18H16F2N4O/c19-14-5-13(6-15(20)7-14)12-1-3-23(4-2-12)18(25)17-10-21-8-16-9-22-11-24(16)17/h5-12H,1-4H2. The van der Waals surface area contributed by atoms with Crippen molar-refractivity contribution in [2.24, 2.45) is 0 Å². The van der Waals surface area contributed by atoms with E-state index in [9.17, 15) is 13.6 Å². The number of benzene rings is 1. The monoisotopic (exact) mass is 342 g/mol. The van der Waals surface area contributed by atoms with Crippen molar-refractivity contribution in [2.75, 3.05) is 13.1 Å². The molecule has 0 unspecified atom stereocenters. The fourth-order valence-corrected chi connectivity index (χ4v) is 3.40. The second kappa shape index (κ2) is 6.23. The van der Waals surface area contributed by atoms with E-state index in [1.807, 2.05) is 0 Å². The van der Waals surface area contributed by atoms with Crippen molar-refractivity contribution in [2.45, 2.75) is 18.8 Å². The van der Waals surface area contributed by atoms with Crippen LogP contribution in [-0.4, -0.2) is 38.3 Å². The van der Waals surface area contributed by atoms with Crippen molar-refractivity contribution in [3.63, 3.8) is 0 Å². The van der Waals surface area contributed by atoms with E-state index in [1.54, 1.807) is 28.0 Å². The van der Waals surface area contributed by atoms with Crippen LogP contribution in [0.25, 0.3) is 5.52 Å². The average Bonchev–Trinajstić information content (AvgIpc) is 3.09. The lowest BCUT2D eigenvalue weighted by atomic mass is 9.89. The number of hydrogen-bond donors (Lipinski definition) is 0. The van der Waals surface area contributed by atoms with Crippen LogP contribution in [0.15, 0.2) is 43.1 Å². The molecule has 7 heteroatoms. The van der Waals surface area contributed by atoms with Gasteiger partial charge >= 0.3 is 0 Å². The molecule has 1 amide bonds. The molecule has 4 rings (SSSR count). The van der Waals surface area contributed by atoms with Gasteiger partial charge in [-0.2, -0.15) is 0 Å². The zero-order valence-corrected chi connectivity index (χ0v) is 13.4. The van der Waals surface area contributed by atoms with Crippen LogP contribution >= 0.6 is 0 Å². The fourth-order valence-electron chi connectivity index (χ4n) is 3.40. The number of piperidine rings is 1. The number of imidazole rings is 1. The third kappa shape index (κ3) is 2.97. The van der Waals surface area contributed by atoms with Crippen molar-refractivity contribution < 1.29 is 13.6 Å². The topological polar surface area (TPSA) is 50.5 Å². The van der Waals surface area contributed by atoms with Gasteiger partial charge in [0.2, 0.25) is 0 Å². The SMILES string of the molecule is O=C(c1cncc2cncn12)N1CCC(c2cc(F)cc(F)c2)CC1. The number of nitrogens with zero attached hydrogens (tertiary/aromatic N) is 4. The van der Waals surface area contributed by atoms with Gasteiger partial charge in [-0.05, 0) is 36.5 Å². The maximum atomic E-state index is 13.4. The van der Waals surface area contributed by atoms with Crippen molar-refractivity contribution in [1.29, 1.82) is 0 Å². The van der Waals surface area contributed by atoms with E-state index in [2.05, 4.69) is 9.97 Å². The van der Waals surface area contributed by atoms with Gasteiger partial charge in [-0.3, -0.25) is 14.2 Å². The van der Waals surface area contributed by atoms with E-state index in [0.29, 0.717) is 37.2 Å². The number of rotatable bonds is 2. The molecule has 128 valence electrons. The number of likely N-dealkylation sites (tertiary alicyclic amines) is 1. The lowest BCUT2D eigenvalue weighted by Crippen LogP contribution is -2.38. The summed E-state index contributed by atoms with van der Waals surface area (Å²) in [7, 11) is 0. The number of carbonyl (C=O) groups is 1. The zero-order chi connectivity index (χ0) is 17.4. The molecule has 0 N–H and O–H groups in total. The first-order valence-corrected chi connectivity index (χ1v) is 8.13. The van der Waals surface area contributed by atoms with Gasteiger partial charge in [0, 0.05) is 19.2 Å². The number of aromatic nitrogens is 3. The van der Waals surface area contributed by atoms with Crippen LogP contribution < -0.4 is 0 Å². The number of hydrogen-bond acceptors (Lipinski definition) is 3. The van der Waals surface area contributed by atoms with Crippen molar-refractivity contribution in [1.82, 2.24) is 19.3 Å². The van der Waals surface area contributed by atoms with Gasteiger partial charge in [0.15, 0.2) is 0 Å². The molecule has 0 radical (unpaired) electrons. The average molecular weight is 342 g/mol. The van der Waals surface area contributed by atoms with Crippen LogP contribution in [0.2, 0.25) is 0 Å². The molecular weight excluding hydrogens is 326 g/mol. The summed E-state index contributed by atoms with van der Waals surface area (Å²) in [6.45, 7) is 1.07. The minimum atomic E-state index is -0.564. The van der Waals surface area contributed by atoms with Gasteiger partial charge in [0.05, 0.1) is 30.4 Å². The van der Waals surface area contributed by atoms with Crippen LogP contribution in [-0.2, 0) is 0 Å². The van der Waals surface area contributed by atoms with Crippen molar-refractivity contribution in [3.8, 4) is 0 Å². The van der Waals surface area contributed by atoms with E-state index in [1.165, 1.54) is 18.3 Å². The highest BCUT2D eigenvalue weighted by molar-refractivity contribution is 5.93. The Morgan fingerprint density at radius 1 is 1.00 bits per heavy atom. The van der Waals surface area contributed by atoms with E-state index >= 15 is 0 Å². The molecule has 0 bridgehead atoms. The third-order valence-corrected chi connectivity index (χ3v) is 4.69. The summed E-state index contributed by atoms with van der Waals surface area (Å²) < 4.78 is 28.5. The maximum Gasteiger partial charge on any atom is 0.272 e. The fraction of sp³-hybridized carbons (Fsp3) is 0.278. The molecule has 1 aliphatic heterocycles. The van der Waals surface area contributed by atoms with Gasteiger partial charge in [-0.15, -0.1) is 0 Å². The first-order valence-electron chi connectivity index (χ1n) is 8.13. The molecule has 5 nitrogen and oxygen atoms in total. The van der Waals surface area contributed by atoms with Crippen LogP contribution in [0.5, 0.6) is 0 Å². The van der Waals surface area contributed by atoms with E-state index in [0.717, 1.165) is 11.6 Å². The van der Waals surface area contributed by atoms with Crippen LogP contribution in [0.3, 0.4) is 0 Å². The molecule has 0 saturated carbocycles. The Morgan fingerprint density at radius 3 is 2.40 bits per heavy atom. The van der Waals surface area contributed by atoms with Crippen LogP contribution in [0.1, 0.15) is 34.8 Å². The summed E-state index contributed by atoms with van der Waals surface area (Å²) in [5, 5.41) is 0. The smallest absolute Gasteiger partial charge is 0.272 e. The Labute approximate surface area is 142 Å². The molecule has 1 aromatic carbocycles. The number of fused-ring (bicyclic) bond motifs is 1. The lowest BCUT2D eigenvalue weighted by Gasteiger charge is -2.32. The van der Waals surface area contributed by atoms with Gasteiger partial charge in [-0.25, -0.2) is 13.8 Å². The molecule has 0 aliphatic carbocycles. The minimum Gasteiger partial charge on any atom is -0.337 e. The van der Waals surface area contributed by atoms with Gasteiger partial charge in [-0.1, -0.05) is 0 Å². The second-order valence-corrected chi connectivity index (χ2v) is 6.25. The predicted molar refractivity (Wildman–Crippen MR) is 87.2 cm³/mol. The molecule has 1 fully saturated rings. The summed E-state index contributed by atoms with van der Waals surface area (Å²) in [6, 6.07) is 3.63. The van der Waals surface area contributed by atoms with Gasteiger partial charge in [0.25, 0.3) is 5.91 Å². The molecule has 3 aromatic rings. The Hall–Kier alpha value is -2.83. The van der Waals surface area contributed by atoms with Crippen molar-refractivity contribution >= 4 is 11.4 Å². The minimum absolute atomic E-state index is 0.0522. The van der Waals surface area contributed by atoms with E-state index in [4.69, 9.17) is 0 Å². The molecule has 2 aromatic heterocycles. The summed E-state index contributed by atoms with van der Waals surface area (Å²) in [4.78, 5) is 22.7. The molecular formula is C18H16F2N4O. The lowest BCUT2D eigenvalue weighted by molar-refractivity contribution is 0.0704. The van der Waals surface area contributed by atoms with Crippen molar-refractivity contribution in [3.05, 3.63) is 66.0 Å². The zero-order valence-electron chi connectivity index (χ0n) is 13.4. The Bertz CT molecular complexity index is 911. The summed E-state index contributed by atoms with van der Waals surface area (Å²) >= 11 is 0. The highest BCUT2D eigenvalue weighted by Gasteiger charge is 2.26. The highest BCUT2D eigenvalue weighted by Crippen LogP contribution is 2.29. The Kier molecular flexibility index (Phi) is 3.91. The maximum absolute atomic E-state index is 13.4. The Balaban J connectivity index is 1.50. The molecule has 3 heterocycles. The number of halogens is 2. The van der Waals surface area contributed by atoms with Gasteiger partial charge < -0.3 is 4.90 Å². The second-order valence-electron chi connectivity index (χ2n) is 6.25. The number of carbonyl (C=O) groups excluding carboxylic acids is 1. The van der Waals surface area contributed by atoms with Crippen LogP contribution in [0, 0.1) is 11.6 Å². The largest absolute Gasteiger partial charge is 0.337 e. The molecule has 0 atom stereocenters. The molecule has 25 heavy (non-hydrogen) atoms. The van der Waals surface area contributed by atoms with E-state index in [-0.39, 0.29) is 11.8 Å². The van der Waals surface area contributed by atoms with E-state index < -0.39 is 11.6 Å². The molecule has 0 spiro atoms. The van der Waals surface area contributed by atoms with Gasteiger partial charge in [0.1, 0.15) is 17.3 Å². The molecule has 1 saturated heterocycles. The quantitative estimate of drug-likeness (QED) is 0.719. The molecule has 1 aliphatic rings. The predicted octanol–water partition coefficient (Wildman–Crippen LogP) is 3.03. The Morgan fingerprint density at radius 2 is 1.68 bits per heavy atom. The number of amides is 1. The highest BCUT2D eigenvalue weighted by atomic mass is 19.1.